The molecule has 0 saturated heterocycles. The maximum absolute atomic E-state index is 3.43. The molecule has 1 aliphatic carbocycles. The SMILES string of the molecule is Cn1c2cc[c-]cc2c2c3ccccc3ccc21.Cn1c2ccc(-c3cc4c[c-]ccc4c4ccccc34)cc2c2c3ccccc3ccc21.Cn1c2ccc(-c3ccc4c(c3)C(C)(C)c3c[c-]ccc3-4)cc2c2c3ccccc3ccc21.Cn1c2ccc(-c3ccc4ccc5[c-]ccc6ccc3c4c56)cc2c2c3ccccc3ccc21.[Y].[Y].[Y].[Y]. The van der Waals surface area contributed by atoms with E-state index in [0.717, 1.165) is 0 Å². The molecule has 4 nitrogen and oxygen atoms in total. The number of fused-ring (bicyclic) bond motifs is 26. The Morgan fingerprint density at radius 3 is 1.18 bits per heavy atom. The minimum absolute atomic E-state index is 0. The summed E-state index contributed by atoms with van der Waals surface area (Å²) in [6.07, 6.45) is 0. The van der Waals surface area contributed by atoms with Crippen LogP contribution >= 0.6 is 0 Å². The van der Waals surface area contributed by atoms with Crippen molar-refractivity contribution < 1.29 is 131 Å². The van der Waals surface area contributed by atoms with E-state index in [1.807, 2.05) is 24.3 Å². The van der Waals surface area contributed by atoms with Crippen LogP contribution in [0.1, 0.15) is 25.0 Å². The summed E-state index contributed by atoms with van der Waals surface area (Å²) in [4.78, 5) is 0. The first-order chi connectivity index (χ1) is 57.5. The zero-order chi connectivity index (χ0) is 78.1. The Hall–Kier alpha value is -10.2. The van der Waals surface area contributed by atoms with E-state index in [1.54, 1.807) is 0 Å². The van der Waals surface area contributed by atoms with Gasteiger partial charge in [0.05, 0.1) is 0 Å². The van der Waals surface area contributed by atoms with Crippen molar-refractivity contribution >= 4 is 184 Å². The van der Waals surface area contributed by atoms with Crippen LogP contribution in [0.25, 0.3) is 229 Å². The van der Waals surface area contributed by atoms with Crippen LogP contribution < -0.4 is 0 Å². The van der Waals surface area contributed by atoms with E-state index in [-0.39, 0.29) is 136 Å². The van der Waals surface area contributed by atoms with Crippen molar-refractivity contribution in [1.82, 2.24) is 18.3 Å². The molecule has 26 rings (SSSR count). The minimum atomic E-state index is -0.0157. The summed E-state index contributed by atoms with van der Waals surface area (Å²) in [6.45, 7) is 4.66. The second kappa shape index (κ2) is 31.9. The van der Waals surface area contributed by atoms with Gasteiger partial charge in [-0.3, -0.25) is 0 Å². The summed E-state index contributed by atoms with van der Waals surface area (Å²) in [5, 5.41) is 33.8. The first-order valence-electron chi connectivity index (χ1n) is 40.5. The molecule has 0 bridgehead atoms. The van der Waals surface area contributed by atoms with Gasteiger partial charge in [0.2, 0.25) is 0 Å². The van der Waals surface area contributed by atoms with Gasteiger partial charge in [0.1, 0.15) is 0 Å². The number of aromatic nitrogens is 4. The number of nitrogens with zero attached hydrogens (tertiary/aromatic N) is 4. The Kier molecular flexibility index (Phi) is 21.3. The molecule has 21 aromatic carbocycles. The third kappa shape index (κ3) is 12.9. The van der Waals surface area contributed by atoms with E-state index in [1.165, 1.54) is 240 Å². The predicted octanol–water partition coefficient (Wildman–Crippen LogP) is 29.6. The van der Waals surface area contributed by atoms with Crippen molar-refractivity contribution in [2.24, 2.45) is 28.2 Å². The van der Waals surface area contributed by atoms with Crippen molar-refractivity contribution in [1.29, 1.82) is 0 Å². The van der Waals surface area contributed by atoms with Crippen LogP contribution in [-0.2, 0) is 164 Å². The summed E-state index contributed by atoms with van der Waals surface area (Å²) >= 11 is 0. The first-order valence-corrected chi connectivity index (χ1v) is 40.5. The van der Waals surface area contributed by atoms with Gasteiger partial charge in [0.25, 0.3) is 0 Å². The molecule has 0 N–H and O–H groups in total. The topological polar surface area (TPSA) is 19.7 Å². The molecule has 564 valence electrons. The molecule has 8 heteroatoms. The summed E-state index contributed by atoms with van der Waals surface area (Å²) in [6, 6.07) is 141. The second-order valence-electron chi connectivity index (χ2n) is 32.5. The van der Waals surface area contributed by atoms with Gasteiger partial charge in [-0.15, -0.1) is 74.5 Å². The zero-order valence-corrected chi connectivity index (χ0v) is 79.4. The van der Waals surface area contributed by atoms with Crippen LogP contribution in [0.5, 0.6) is 0 Å². The van der Waals surface area contributed by atoms with Crippen LogP contribution in [0.3, 0.4) is 0 Å². The van der Waals surface area contributed by atoms with Crippen molar-refractivity contribution in [3.8, 4) is 44.5 Å². The fourth-order valence-electron chi connectivity index (χ4n) is 20.3. The van der Waals surface area contributed by atoms with Gasteiger partial charge in [-0.25, -0.2) is 0 Å². The quantitative estimate of drug-likeness (QED) is 0.124. The average molecular weight is 1850 g/mol. The summed E-state index contributed by atoms with van der Waals surface area (Å²) in [5.41, 5.74) is 23.2. The number of aryl methyl sites for hydroxylation is 4. The van der Waals surface area contributed by atoms with Gasteiger partial charge < -0.3 is 18.3 Å². The number of hydrogen-bond donors (Lipinski definition) is 0. The molecule has 0 amide bonds. The van der Waals surface area contributed by atoms with Crippen molar-refractivity contribution in [2.45, 2.75) is 19.3 Å². The van der Waals surface area contributed by atoms with E-state index < -0.39 is 0 Å². The molecule has 0 aliphatic heterocycles. The van der Waals surface area contributed by atoms with Crippen LogP contribution in [0, 0.1) is 24.3 Å². The number of hydrogen-bond acceptors (Lipinski definition) is 0. The van der Waals surface area contributed by atoms with E-state index in [9.17, 15) is 0 Å². The molecule has 0 saturated carbocycles. The predicted molar refractivity (Wildman–Crippen MR) is 500 cm³/mol. The number of benzene rings is 21. The second-order valence-corrected chi connectivity index (χ2v) is 32.5. The fraction of sp³-hybridized carbons (Fsp3) is 0.0619. The van der Waals surface area contributed by atoms with Gasteiger partial charge in [-0.2, -0.15) is 66.7 Å². The Balaban J connectivity index is 0.000000107. The number of rotatable bonds is 3. The first kappa shape index (κ1) is 80.6. The molecule has 4 heterocycles. The van der Waals surface area contributed by atoms with E-state index in [2.05, 4.69) is 412 Å². The third-order valence-corrected chi connectivity index (χ3v) is 26.1. The largest absolute Gasteiger partial charge is 0.367 e. The van der Waals surface area contributed by atoms with Crippen LogP contribution in [0.2, 0.25) is 0 Å². The molecule has 25 aromatic rings. The van der Waals surface area contributed by atoms with Crippen molar-refractivity contribution in [2.75, 3.05) is 0 Å². The van der Waals surface area contributed by atoms with Gasteiger partial charge >= 0.3 is 0 Å². The molecule has 0 unspecified atom stereocenters. The van der Waals surface area contributed by atoms with Crippen molar-refractivity contribution in [3.05, 3.63) is 387 Å². The molecule has 1 aliphatic rings. The maximum Gasteiger partial charge on any atom is 0.0495 e. The standard InChI is InChI=1S/C33H20N.C32H24N.C31H20N.C17H12N.4Y/c1-34-29-17-14-24(19-28(29)33-26-8-3-2-5-20(26)13-18-30(33)34)25-15-11-23-10-9-21-6-4-7-22-12-16-27(25)32(23)31(21)22;1-32(2)27-11-7-6-10-24(27)25-15-12-22(19-28(25)32)21-14-16-29-26(18-21)31-23-9-5-4-8-20(23)13-17-30(31)33(29)3;1-32-29-16-15-22(19-28(29)31-24-11-5-2-8-20(24)14-17-30(31)32)27-18-21-9-3-4-10-23(21)25-12-6-7-13-26(25)27;1-18-15-9-5-4-8-14(15)17-13-7-3-2-6-12(13)10-11-16(17)18;;;;/h2-5,7-19H,1H3;4-6,8-19H,1-3H3;2,4-19H,1H3;2-3,5-11H,1H3;;;;/q4*-1;;;;. The van der Waals surface area contributed by atoms with Crippen molar-refractivity contribution in [3.63, 3.8) is 0 Å². The molecule has 121 heavy (non-hydrogen) atoms. The summed E-state index contributed by atoms with van der Waals surface area (Å²) in [5.74, 6) is 0. The Morgan fingerprint density at radius 2 is 0.612 bits per heavy atom. The molecular formula is C113H76N4Y4-4. The van der Waals surface area contributed by atoms with E-state index >= 15 is 0 Å². The molecule has 0 atom stereocenters. The Labute approximate surface area is 802 Å². The molecule has 4 aromatic heterocycles. The normalized spacial score (nSPS) is 12.2. The van der Waals surface area contributed by atoms with E-state index in [4.69, 9.17) is 0 Å². The monoisotopic (exact) mass is 1840 g/mol. The molecule has 0 fully saturated rings. The van der Waals surface area contributed by atoms with E-state index in [0.29, 0.717) is 0 Å². The fourth-order valence-corrected chi connectivity index (χ4v) is 20.3. The van der Waals surface area contributed by atoms with Crippen LogP contribution in [-0.4, -0.2) is 18.3 Å². The zero-order valence-electron chi connectivity index (χ0n) is 68.1. The van der Waals surface area contributed by atoms with Gasteiger partial charge in [0, 0.05) is 230 Å². The average Bonchev–Trinajstić information content (AvgIpc) is 1.73. The minimum Gasteiger partial charge on any atom is -0.367 e. The molecule has 0 spiro atoms. The van der Waals surface area contributed by atoms with Gasteiger partial charge in [-0.05, 0) is 186 Å². The molecular weight excluding hydrogens is 1770 g/mol. The third-order valence-electron chi connectivity index (χ3n) is 26.1. The smallest absolute Gasteiger partial charge is 0.0495 e. The van der Waals surface area contributed by atoms with Gasteiger partial charge in [-0.1, -0.05) is 237 Å². The van der Waals surface area contributed by atoms with Crippen LogP contribution in [0.15, 0.2) is 352 Å². The Bertz CT molecular complexity index is 8490. The Morgan fingerprint density at radius 1 is 0.215 bits per heavy atom. The summed E-state index contributed by atoms with van der Waals surface area (Å²) in [7, 11) is 8.64. The van der Waals surface area contributed by atoms with Crippen LogP contribution in [0.4, 0.5) is 0 Å². The maximum atomic E-state index is 3.43. The molecule has 4 radical (unpaired) electrons. The summed E-state index contributed by atoms with van der Waals surface area (Å²) < 4.78 is 9.21. The van der Waals surface area contributed by atoms with Gasteiger partial charge in [0.15, 0.2) is 0 Å².